The second-order valence-electron chi connectivity index (χ2n) is 4.08. The zero-order valence-electron chi connectivity index (χ0n) is 10.1. The first-order chi connectivity index (χ1) is 8.92. The number of rotatable bonds is 4. The highest BCUT2D eigenvalue weighted by Gasteiger charge is 2.06. The van der Waals surface area contributed by atoms with E-state index in [1.165, 1.54) is 31.0 Å². The molecule has 1 aromatic carbocycles. The van der Waals surface area contributed by atoms with E-state index in [0.29, 0.717) is 11.3 Å². The molecule has 1 heterocycles. The SMILES string of the molecule is CS(=N)(=O)Cc1cc(F)cc(Nc2ncncn2)c1. The number of benzene rings is 1. The minimum absolute atomic E-state index is 0.00333. The third-order valence-corrected chi connectivity index (χ3v) is 3.03. The van der Waals surface area contributed by atoms with Crippen LogP contribution in [0.3, 0.4) is 0 Å². The molecule has 0 aliphatic rings. The third kappa shape index (κ3) is 4.25. The Morgan fingerprint density at radius 2 is 2.00 bits per heavy atom. The third-order valence-electron chi connectivity index (χ3n) is 2.15. The monoisotopic (exact) mass is 281 g/mol. The van der Waals surface area contributed by atoms with Crippen LogP contribution in [-0.2, 0) is 15.5 Å². The Balaban J connectivity index is 2.27. The van der Waals surface area contributed by atoms with Gasteiger partial charge in [0.05, 0.1) is 5.75 Å². The molecule has 100 valence electrons. The molecule has 0 aliphatic carbocycles. The van der Waals surface area contributed by atoms with Crippen molar-refractivity contribution >= 4 is 21.4 Å². The van der Waals surface area contributed by atoms with Gasteiger partial charge in [-0.1, -0.05) is 0 Å². The Bertz CT molecular complexity index is 675. The van der Waals surface area contributed by atoms with Crippen molar-refractivity contribution in [3.63, 3.8) is 0 Å². The highest BCUT2D eigenvalue weighted by atomic mass is 32.2. The summed E-state index contributed by atoms with van der Waals surface area (Å²) in [5.41, 5.74) is 0.920. The molecule has 0 bridgehead atoms. The highest BCUT2D eigenvalue weighted by molar-refractivity contribution is 7.90. The summed E-state index contributed by atoms with van der Waals surface area (Å²) in [5, 5.41) is 2.81. The van der Waals surface area contributed by atoms with E-state index in [4.69, 9.17) is 4.78 Å². The predicted molar refractivity (Wildman–Crippen MR) is 70.0 cm³/mol. The van der Waals surface area contributed by atoms with Gasteiger partial charge in [0.1, 0.15) is 18.5 Å². The zero-order chi connectivity index (χ0) is 13.9. The Morgan fingerprint density at radius 1 is 1.32 bits per heavy atom. The molecule has 8 heteroatoms. The van der Waals surface area contributed by atoms with Gasteiger partial charge >= 0.3 is 0 Å². The molecule has 1 unspecified atom stereocenters. The lowest BCUT2D eigenvalue weighted by Crippen LogP contribution is -2.02. The van der Waals surface area contributed by atoms with Crippen LogP contribution in [0.4, 0.5) is 16.0 Å². The summed E-state index contributed by atoms with van der Waals surface area (Å²) < 4.78 is 32.3. The van der Waals surface area contributed by atoms with E-state index in [1.807, 2.05) is 0 Å². The van der Waals surface area contributed by atoms with E-state index in [2.05, 4.69) is 20.3 Å². The van der Waals surface area contributed by atoms with Gasteiger partial charge in [-0.3, -0.25) is 4.78 Å². The standard InChI is InChI=1S/C11H12FN5OS/c1-19(13,18)5-8-2-9(12)4-10(3-8)17-11-15-6-14-7-16-11/h2-4,6-7,13H,5H2,1H3,(H,14,15,16,17). The van der Waals surface area contributed by atoms with Crippen molar-refractivity contribution in [1.29, 1.82) is 4.78 Å². The number of aromatic nitrogens is 3. The van der Waals surface area contributed by atoms with Gasteiger partial charge in [0, 0.05) is 21.7 Å². The van der Waals surface area contributed by atoms with Crippen LogP contribution in [0.2, 0.25) is 0 Å². The van der Waals surface area contributed by atoms with E-state index < -0.39 is 15.5 Å². The van der Waals surface area contributed by atoms with Crippen LogP contribution < -0.4 is 5.32 Å². The first kappa shape index (κ1) is 13.3. The van der Waals surface area contributed by atoms with Gasteiger partial charge in [-0.15, -0.1) is 0 Å². The molecule has 2 N–H and O–H groups in total. The smallest absolute Gasteiger partial charge is 0.230 e. The number of hydrogen-bond acceptors (Lipinski definition) is 6. The topological polar surface area (TPSA) is 91.6 Å². The molecule has 1 aromatic heterocycles. The van der Waals surface area contributed by atoms with Crippen LogP contribution in [0.1, 0.15) is 5.56 Å². The van der Waals surface area contributed by atoms with E-state index in [1.54, 1.807) is 6.07 Å². The van der Waals surface area contributed by atoms with Crippen molar-refractivity contribution in [3.05, 3.63) is 42.2 Å². The molecule has 2 aromatic rings. The normalized spacial score (nSPS) is 13.8. The van der Waals surface area contributed by atoms with Gasteiger partial charge in [-0.2, -0.15) is 0 Å². The highest BCUT2D eigenvalue weighted by Crippen LogP contribution is 2.18. The predicted octanol–water partition coefficient (Wildman–Crippen LogP) is 1.93. The van der Waals surface area contributed by atoms with Gasteiger partial charge in [0.25, 0.3) is 0 Å². The Hall–Kier alpha value is -2.09. The first-order valence-corrected chi connectivity index (χ1v) is 7.46. The Labute approximate surface area is 110 Å². The maximum Gasteiger partial charge on any atom is 0.230 e. The second-order valence-corrected chi connectivity index (χ2v) is 6.38. The van der Waals surface area contributed by atoms with Crippen LogP contribution >= 0.6 is 0 Å². The Kier molecular flexibility index (Phi) is 3.70. The average Bonchev–Trinajstić information content (AvgIpc) is 2.26. The molecular weight excluding hydrogens is 269 g/mol. The lowest BCUT2D eigenvalue weighted by molar-refractivity contribution is 0.627. The zero-order valence-corrected chi connectivity index (χ0v) is 10.9. The quantitative estimate of drug-likeness (QED) is 0.893. The second kappa shape index (κ2) is 5.27. The van der Waals surface area contributed by atoms with Crippen molar-refractivity contribution < 1.29 is 8.60 Å². The molecule has 0 amide bonds. The van der Waals surface area contributed by atoms with Crippen molar-refractivity contribution in [2.45, 2.75) is 5.75 Å². The minimum Gasteiger partial charge on any atom is -0.324 e. The van der Waals surface area contributed by atoms with Gasteiger partial charge in [-0.05, 0) is 23.8 Å². The number of hydrogen-bond donors (Lipinski definition) is 2. The molecule has 0 aliphatic heterocycles. The summed E-state index contributed by atoms with van der Waals surface area (Å²) in [6, 6.07) is 4.15. The van der Waals surface area contributed by atoms with Gasteiger partial charge in [0.2, 0.25) is 5.95 Å². The van der Waals surface area contributed by atoms with E-state index in [9.17, 15) is 8.60 Å². The van der Waals surface area contributed by atoms with E-state index in [0.717, 1.165) is 0 Å². The number of nitrogens with zero attached hydrogens (tertiary/aromatic N) is 3. The molecular formula is C11H12FN5OS. The molecule has 1 atom stereocenters. The summed E-state index contributed by atoms with van der Waals surface area (Å²) >= 11 is 0. The number of nitrogens with one attached hydrogen (secondary N) is 2. The summed E-state index contributed by atoms with van der Waals surface area (Å²) in [6.45, 7) is 0. The van der Waals surface area contributed by atoms with Crippen molar-refractivity contribution in [3.8, 4) is 0 Å². The van der Waals surface area contributed by atoms with Crippen molar-refractivity contribution in [2.75, 3.05) is 11.6 Å². The van der Waals surface area contributed by atoms with Crippen LogP contribution in [0.15, 0.2) is 30.9 Å². The molecule has 0 spiro atoms. The fourth-order valence-electron chi connectivity index (χ4n) is 1.56. The Morgan fingerprint density at radius 3 is 2.63 bits per heavy atom. The van der Waals surface area contributed by atoms with Crippen molar-refractivity contribution in [2.24, 2.45) is 0 Å². The molecule has 19 heavy (non-hydrogen) atoms. The summed E-state index contributed by atoms with van der Waals surface area (Å²) in [6.07, 6.45) is 3.95. The van der Waals surface area contributed by atoms with Gasteiger partial charge < -0.3 is 5.32 Å². The molecule has 0 radical (unpaired) electrons. The van der Waals surface area contributed by atoms with Gasteiger partial charge in [-0.25, -0.2) is 23.6 Å². The molecule has 0 saturated heterocycles. The summed E-state index contributed by atoms with van der Waals surface area (Å²) in [5.74, 6) is -0.191. The molecule has 6 nitrogen and oxygen atoms in total. The molecule has 0 saturated carbocycles. The fourth-order valence-corrected chi connectivity index (χ4v) is 2.36. The first-order valence-electron chi connectivity index (χ1n) is 5.32. The summed E-state index contributed by atoms with van der Waals surface area (Å²) in [4.78, 5) is 11.4. The average molecular weight is 281 g/mol. The fraction of sp³-hybridized carbons (Fsp3) is 0.182. The minimum atomic E-state index is -2.72. The molecule has 2 rings (SSSR count). The lowest BCUT2D eigenvalue weighted by atomic mass is 10.2. The van der Waals surface area contributed by atoms with E-state index >= 15 is 0 Å². The largest absolute Gasteiger partial charge is 0.324 e. The lowest BCUT2D eigenvalue weighted by Gasteiger charge is -2.07. The number of halogens is 1. The van der Waals surface area contributed by atoms with Crippen LogP contribution in [0.25, 0.3) is 0 Å². The maximum atomic E-state index is 13.5. The summed E-state index contributed by atoms with van der Waals surface area (Å²) in [7, 11) is -2.72. The molecule has 0 fully saturated rings. The van der Waals surface area contributed by atoms with Crippen LogP contribution in [0, 0.1) is 10.6 Å². The number of anilines is 2. The maximum absolute atomic E-state index is 13.5. The van der Waals surface area contributed by atoms with Gasteiger partial charge in [0.15, 0.2) is 0 Å². The van der Waals surface area contributed by atoms with Crippen LogP contribution in [-0.4, -0.2) is 25.4 Å². The van der Waals surface area contributed by atoms with E-state index in [-0.39, 0.29) is 11.7 Å². The van der Waals surface area contributed by atoms with Crippen molar-refractivity contribution in [1.82, 2.24) is 15.0 Å². The van der Waals surface area contributed by atoms with Crippen LogP contribution in [0.5, 0.6) is 0 Å².